The number of rotatable bonds is 3. The van der Waals surface area contributed by atoms with Crippen LogP contribution in [0.5, 0.6) is 0 Å². The standard InChI is InChI=1S/C8H15N3O/c1-6-7(4-10-11(6)3)8(5-12)9-2/h4,8-9,12H,5H2,1-3H3. The van der Waals surface area contributed by atoms with Crippen molar-refractivity contribution in [3.8, 4) is 0 Å². The number of nitrogens with zero attached hydrogens (tertiary/aromatic N) is 2. The fraction of sp³-hybridized carbons (Fsp3) is 0.625. The van der Waals surface area contributed by atoms with E-state index in [0.29, 0.717) is 0 Å². The summed E-state index contributed by atoms with van der Waals surface area (Å²) in [5.74, 6) is 0. The molecule has 1 aromatic rings. The quantitative estimate of drug-likeness (QED) is 0.668. The minimum absolute atomic E-state index is 0.00120. The Morgan fingerprint density at radius 2 is 2.42 bits per heavy atom. The van der Waals surface area contributed by atoms with Crippen LogP contribution < -0.4 is 5.32 Å². The van der Waals surface area contributed by atoms with Crippen molar-refractivity contribution in [2.45, 2.75) is 13.0 Å². The van der Waals surface area contributed by atoms with Gasteiger partial charge in [0.15, 0.2) is 0 Å². The fourth-order valence-electron chi connectivity index (χ4n) is 1.20. The van der Waals surface area contributed by atoms with Crippen LogP contribution in [0.15, 0.2) is 6.20 Å². The lowest BCUT2D eigenvalue weighted by Gasteiger charge is -2.11. The third-order valence-electron chi connectivity index (χ3n) is 2.18. The van der Waals surface area contributed by atoms with Crippen LogP contribution in [-0.2, 0) is 7.05 Å². The summed E-state index contributed by atoms with van der Waals surface area (Å²) in [6, 6.07) is -0.00120. The average molecular weight is 169 g/mol. The molecule has 0 spiro atoms. The van der Waals surface area contributed by atoms with E-state index in [-0.39, 0.29) is 12.6 Å². The first-order valence-electron chi connectivity index (χ1n) is 3.97. The molecule has 1 atom stereocenters. The highest BCUT2D eigenvalue weighted by molar-refractivity contribution is 5.20. The van der Waals surface area contributed by atoms with E-state index in [4.69, 9.17) is 5.11 Å². The molecule has 4 nitrogen and oxygen atoms in total. The van der Waals surface area contributed by atoms with Gasteiger partial charge in [0.2, 0.25) is 0 Å². The van der Waals surface area contributed by atoms with Gasteiger partial charge in [-0.1, -0.05) is 0 Å². The highest BCUT2D eigenvalue weighted by Gasteiger charge is 2.12. The molecule has 0 aliphatic carbocycles. The van der Waals surface area contributed by atoms with Crippen molar-refractivity contribution in [3.63, 3.8) is 0 Å². The minimum Gasteiger partial charge on any atom is -0.394 e. The van der Waals surface area contributed by atoms with Gasteiger partial charge in [-0.2, -0.15) is 5.10 Å². The van der Waals surface area contributed by atoms with Gasteiger partial charge in [-0.25, -0.2) is 0 Å². The Balaban J connectivity index is 2.93. The molecule has 0 aromatic carbocycles. The lowest BCUT2D eigenvalue weighted by molar-refractivity contribution is 0.250. The zero-order valence-corrected chi connectivity index (χ0v) is 7.70. The van der Waals surface area contributed by atoms with Gasteiger partial charge < -0.3 is 10.4 Å². The lowest BCUT2D eigenvalue weighted by Crippen LogP contribution is -2.20. The first-order chi connectivity index (χ1) is 5.70. The van der Waals surface area contributed by atoms with Gasteiger partial charge >= 0.3 is 0 Å². The van der Waals surface area contributed by atoms with Crippen LogP contribution in [0.1, 0.15) is 17.3 Å². The van der Waals surface area contributed by atoms with Crippen LogP contribution in [0.4, 0.5) is 0 Å². The monoisotopic (exact) mass is 169 g/mol. The van der Waals surface area contributed by atoms with Gasteiger partial charge in [0, 0.05) is 18.3 Å². The number of aliphatic hydroxyl groups excluding tert-OH is 1. The van der Waals surface area contributed by atoms with Gasteiger partial charge in [0.1, 0.15) is 0 Å². The summed E-state index contributed by atoms with van der Waals surface area (Å²) in [6.07, 6.45) is 1.78. The maximum absolute atomic E-state index is 9.01. The number of hydrogen-bond acceptors (Lipinski definition) is 3. The van der Waals surface area contributed by atoms with Crippen molar-refractivity contribution in [1.82, 2.24) is 15.1 Å². The van der Waals surface area contributed by atoms with Gasteiger partial charge in [-0.05, 0) is 14.0 Å². The predicted octanol–water partition coefficient (Wildman–Crippen LogP) is -0.0187. The Hall–Kier alpha value is -0.870. The molecular formula is C8H15N3O. The Kier molecular flexibility index (Phi) is 2.83. The van der Waals surface area contributed by atoms with Crippen LogP contribution in [0.3, 0.4) is 0 Å². The molecule has 1 unspecified atom stereocenters. The largest absolute Gasteiger partial charge is 0.394 e. The number of aromatic nitrogens is 2. The maximum Gasteiger partial charge on any atom is 0.0627 e. The molecule has 0 aliphatic heterocycles. The normalized spacial score (nSPS) is 13.3. The molecule has 0 saturated heterocycles. The van der Waals surface area contributed by atoms with Crippen molar-refractivity contribution in [3.05, 3.63) is 17.5 Å². The van der Waals surface area contributed by atoms with Crippen molar-refractivity contribution in [2.75, 3.05) is 13.7 Å². The second kappa shape index (κ2) is 3.69. The number of likely N-dealkylation sites (N-methyl/N-ethyl adjacent to an activating group) is 1. The van der Waals surface area contributed by atoms with Gasteiger partial charge in [-0.3, -0.25) is 4.68 Å². The van der Waals surface area contributed by atoms with Crippen LogP contribution in [0.2, 0.25) is 0 Å². The zero-order valence-electron chi connectivity index (χ0n) is 7.70. The molecule has 2 N–H and O–H groups in total. The third kappa shape index (κ3) is 1.49. The Bertz CT molecular complexity index is 253. The molecule has 68 valence electrons. The molecule has 0 aliphatic rings. The zero-order chi connectivity index (χ0) is 9.14. The molecule has 0 saturated carbocycles. The minimum atomic E-state index is -0.00120. The van der Waals surface area contributed by atoms with E-state index in [1.807, 2.05) is 21.0 Å². The van der Waals surface area contributed by atoms with Crippen LogP contribution in [-0.4, -0.2) is 28.5 Å². The molecule has 12 heavy (non-hydrogen) atoms. The van der Waals surface area contributed by atoms with E-state index in [1.54, 1.807) is 10.9 Å². The Morgan fingerprint density at radius 1 is 1.75 bits per heavy atom. The first-order valence-corrected chi connectivity index (χ1v) is 3.97. The van der Waals surface area contributed by atoms with Crippen LogP contribution in [0, 0.1) is 6.92 Å². The summed E-state index contributed by atoms with van der Waals surface area (Å²) in [5, 5.41) is 16.1. The number of hydrogen-bond donors (Lipinski definition) is 2. The fourth-order valence-corrected chi connectivity index (χ4v) is 1.20. The molecular weight excluding hydrogens is 154 g/mol. The summed E-state index contributed by atoms with van der Waals surface area (Å²) < 4.78 is 1.80. The molecule has 0 bridgehead atoms. The van der Waals surface area contributed by atoms with Gasteiger partial charge in [0.25, 0.3) is 0 Å². The summed E-state index contributed by atoms with van der Waals surface area (Å²) in [7, 11) is 3.72. The first kappa shape index (κ1) is 9.22. The van der Waals surface area contributed by atoms with Crippen molar-refractivity contribution in [2.24, 2.45) is 7.05 Å². The summed E-state index contributed by atoms with van der Waals surface area (Å²) in [4.78, 5) is 0. The van der Waals surface area contributed by atoms with E-state index < -0.39 is 0 Å². The smallest absolute Gasteiger partial charge is 0.0627 e. The lowest BCUT2D eigenvalue weighted by atomic mass is 10.1. The molecule has 0 amide bonds. The van der Waals surface area contributed by atoms with Crippen LogP contribution in [0.25, 0.3) is 0 Å². The SMILES string of the molecule is CNC(CO)c1cnn(C)c1C. The average Bonchev–Trinajstić information content (AvgIpc) is 2.38. The molecule has 0 radical (unpaired) electrons. The summed E-state index contributed by atoms with van der Waals surface area (Å²) >= 11 is 0. The van der Waals surface area contributed by atoms with Gasteiger partial charge in [0.05, 0.1) is 18.8 Å². The highest BCUT2D eigenvalue weighted by atomic mass is 16.3. The van der Waals surface area contributed by atoms with Crippen molar-refractivity contribution < 1.29 is 5.11 Å². The van der Waals surface area contributed by atoms with Gasteiger partial charge in [-0.15, -0.1) is 0 Å². The maximum atomic E-state index is 9.01. The Morgan fingerprint density at radius 3 is 2.75 bits per heavy atom. The second-order valence-electron chi connectivity index (χ2n) is 2.83. The van der Waals surface area contributed by atoms with E-state index in [9.17, 15) is 0 Å². The molecule has 0 fully saturated rings. The summed E-state index contributed by atoms with van der Waals surface area (Å²) in [6.45, 7) is 2.09. The molecule has 1 heterocycles. The molecule has 1 aromatic heterocycles. The summed E-state index contributed by atoms with van der Waals surface area (Å²) in [5.41, 5.74) is 2.14. The predicted molar refractivity (Wildman–Crippen MR) is 46.8 cm³/mol. The van der Waals surface area contributed by atoms with E-state index >= 15 is 0 Å². The van der Waals surface area contributed by atoms with E-state index in [1.165, 1.54) is 0 Å². The van der Waals surface area contributed by atoms with Crippen LogP contribution >= 0.6 is 0 Å². The molecule has 4 heteroatoms. The molecule has 1 rings (SSSR count). The topological polar surface area (TPSA) is 50.1 Å². The van der Waals surface area contributed by atoms with E-state index in [2.05, 4.69) is 10.4 Å². The second-order valence-corrected chi connectivity index (χ2v) is 2.83. The third-order valence-corrected chi connectivity index (χ3v) is 2.18. The highest BCUT2D eigenvalue weighted by Crippen LogP contribution is 2.14. The number of aliphatic hydroxyl groups is 1. The number of aryl methyl sites for hydroxylation is 1. The van der Waals surface area contributed by atoms with E-state index in [0.717, 1.165) is 11.3 Å². The van der Waals surface area contributed by atoms with Crippen molar-refractivity contribution >= 4 is 0 Å². The number of nitrogens with one attached hydrogen (secondary N) is 1. The Labute approximate surface area is 72.2 Å². The van der Waals surface area contributed by atoms with Crippen molar-refractivity contribution in [1.29, 1.82) is 0 Å².